The minimum atomic E-state index is -2.98. The number of nitrogens with two attached hydrogens (primary N) is 1. The summed E-state index contributed by atoms with van der Waals surface area (Å²) in [6.45, 7) is 2.29. The number of nitrogens with zero attached hydrogens (tertiary/aromatic N) is 1. The Balaban J connectivity index is 1.97. The number of halogens is 1. The Morgan fingerprint density at radius 2 is 2.24 bits per heavy atom. The molecule has 0 saturated carbocycles. The van der Waals surface area contributed by atoms with Crippen molar-refractivity contribution in [2.24, 2.45) is 0 Å². The molecule has 1 aliphatic heterocycles. The molecule has 0 bridgehead atoms. The first-order valence-electron chi connectivity index (χ1n) is 6.56. The number of nitrogen functional groups attached to an aromatic ring is 1. The van der Waals surface area contributed by atoms with Gasteiger partial charge in [-0.15, -0.1) is 0 Å². The zero-order chi connectivity index (χ0) is 15.6. The van der Waals surface area contributed by atoms with Gasteiger partial charge in [-0.3, -0.25) is 9.69 Å². The van der Waals surface area contributed by atoms with Gasteiger partial charge in [0.1, 0.15) is 0 Å². The summed E-state index contributed by atoms with van der Waals surface area (Å²) in [5.74, 6) is -0.0724. The quantitative estimate of drug-likeness (QED) is 0.805. The van der Waals surface area contributed by atoms with Gasteiger partial charge in [0, 0.05) is 18.3 Å². The summed E-state index contributed by atoms with van der Waals surface area (Å²) < 4.78 is 23.0. The van der Waals surface area contributed by atoms with Gasteiger partial charge >= 0.3 is 0 Å². The summed E-state index contributed by atoms with van der Waals surface area (Å²) in [6, 6.07) is 4.67. The Morgan fingerprint density at radius 3 is 2.90 bits per heavy atom. The summed E-state index contributed by atoms with van der Waals surface area (Å²) >= 11 is 5.99. The molecule has 1 aromatic rings. The predicted molar refractivity (Wildman–Crippen MR) is 84.2 cm³/mol. The average Bonchev–Trinajstić information content (AvgIpc) is 2.37. The van der Waals surface area contributed by atoms with Gasteiger partial charge in [0.05, 0.1) is 28.8 Å². The van der Waals surface area contributed by atoms with E-state index in [0.29, 0.717) is 22.9 Å². The Kier molecular flexibility index (Phi) is 4.75. The summed E-state index contributed by atoms with van der Waals surface area (Å²) in [6.07, 6.45) is 0. The lowest BCUT2D eigenvalue weighted by Crippen LogP contribution is -2.49. The van der Waals surface area contributed by atoms with Crippen molar-refractivity contribution in [1.29, 1.82) is 0 Å². The summed E-state index contributed by atoms with van der Waals surface area (Å²) in [7, 11) is -2.98. The van der Waals surface area contributed by atoms with Crippen molar-refractivity contribution < 1.29 is 13.2 Å². The first-order chi connectivity index (χ1) is 9.77. The van der Waals surface area contributed by atoms with Gasteiger partial charge in [0.25, 0.3) is 0 Å². The van der Waals surface area contributed by atoms with Crippen molar-refractivity contribution in [2.75, 3.05) is 35.6 Å². The molecular formula is C13H18ClN3O3S. The van der Waals surface area contributed by atoms with E-state index in [1.807, 2.05) is 4.90 Å². The van der Waals surface area contributed by atoms with Gasteiger partial charge in [-0.1, -0.05) is 11.6 Å². The van der Waals surface area contributed by atoms with E-state index in [1.165, 1.54) is 0 Å². The molecule has 8 heteroatoms. The van der Waals surface area contributed by atoms with Crippen LogP contribution < -0.4 is 11.1 Å². The van der Waals surface area contributed by atoms with Crippen molar-refractivity contribution in [3.05, 3.63) is 23.2 Å². The maximum absolute atomic E-state index is 12.0. The number of nitrogens with one attached hydrogen (secondary N) is 1. The van der Waals surface area contributed by atoms with Crippen molar-refractivity contribution in [3.63, 3.8) is 0 Å². The Labute approximate surface area is 129 Å². The third-order valence-corrected chi connectivity index (χ3v) is 5.54. The monoisotopic (exact) mass is 331 g/mol. The fraction of sp³-hybridized carbons (Fsp3) is 0.462. The van der Waals surface area contributed by atoms with Crippen molar-refractivity contribution in [2.45, 2.75) is 13.0 Å². The molecule has 1 aromatic carbocycles. The van der Waals surface area contributed by atoms with Crippen LogP contribution in [0.3, 0.4) is 0 Å². The van der Waals surface area contributed by atoms with E-state index in [1.54, 1.807) is 25.1 Å². The Bertz CT molecular complexity index is 648. The highest BCUT2D eigenvalue weighted by atomic mass is 35.5. The van der Waals surface area contributed by atoms with E-state index in [4.69, 9.17) is 17.3 Å². The molecule has 0 aliphatic carbocycles. The molecule has 1 saturated heterocycles. The molecule has 116 valence electrons. The molecule has 0 aromatic heterocycles. The number of benzene rings is 1. The van der Waals surface area contributed by atoms with E-state index in [9.17, 15) is 13.2 Å². The number of sulfone groups is 1. The van der Waals surface area contributed by atoms with Crippen LogP contribution in [-0.4, -0.2) is 49.9 Å². The average molecular weight is 332 g/mol. The highest BCUT2D eigenvalue weighted by Gasteiger charge is 2.29. The van der Waals surface area contributed by atoms with E-state index >= 15 is 0 Å². The molecule has 2 rings (SSSR count). The Hall–Kier alpha value is -1.31. The van der Waals surface area contributed by atoms with E-state index in [2.05, 4.69) is 5.32 Å². The number of rotatable bonds is 3. The van der Waals surface area contributed by atoms with Crippen LogP contribution in [0.1, 0.15) is 6.92 Å². The number of carbonyl (C=O) groups is 1. The van der Waals surface area contributed by atoms with Crippen LogP contribution in [0.2, 0.25) is 5.02 Å². The smallest absolute Gasteiger partial charge is 0.238 e. The van der Waals surface area contributed by atoms with Crippen LogP contribution in [0.25, 0.3) is 0 Å². The molecule has 3 N–H and O–H groups in total. The number of amides is 1. The topological polar surface area (TPSA) is 92.5 Å². The molecule has 1 unspecified atom stereocenters. The molecule has 1 atom stereocenters. The minimum Gasteiger partial charge on any atom is -0.399 e. The highest BCUT2D eigenvalue weighted by molar-refractivity contribution is 7.91. The first-order valence-corrected chi connectivity index (χ1v) is 8.76. The molecule has 1 fully saturated rings. The second kappa shape index (κ2) is 6.21. The number of hydrogen-bond donors (Lipinski definition) is 2. The molecule has 6 nitrogen and oxygen atoms in total. The largest absolute Gasteiger partial charge is 0.399 e. The molecule has 1 heterocycles. The van der Waals surface area contributed by atoms with Crippen LogP contribution in [0.15, 0.2) is 18.2 Å². The Morgan fingerprint density at radius 1 is 1.52 bits per heavy atom. The lowest BCUT2D eigenvalue weighted by Gasteiger charge is -2.32. The number of carbonyl (C=O) groups excluding carboxylic acids is 1. The standard InChI is InChI=1S/C13H18ClN3O3S/c1-9-8-21(19,20)5-4-17(9)7-13(18)16-12-6-10(15)2-3-11(12)14/h2-3,6,9H,4-5,7-8,15H2,1H3,(H,16,18). The van der Waals surface area contributed by atoms with Crippen molar-refractivity contribution in [1.82, 2.24) is 4.90 Å². The molecule has 1 amide bonds. The third-order valence-electron chi connectivity index (χ3n) is 3.42. The van der Waals surface area contributed by atoms with Crippen molar-refractivity contribution >= 4 is 38.7 Å². The zero-order valence-electron chi connectivity index (χ0n) is 11.7. The highest BCUT2D eigenvalue weighted by Crippen LogP contribution is 2.24. The molecule has 21 heavy (non-hydrogen) atoms. The number of anilines is 2. The molecule has 1 aliphatic rings. The lowest BCUT2D eigenvalue weighted by atomic mass is 10.2. The van der Waals surface area contributed by atoms with Crippen LogP contribution in [-0.2, 0) is 14.6 Å². The fourth-order valence-corrected chi connectivity index (χ4v) is 4.07. The summed E-state index contributed by atoms with van der Waals surface area (Å²) in [5, 5.41) is 3.11. The first kappa shape index (κ1) is 16.1. The van der Waals surface area contributed by atoms with Gasteiger partial charge in [0.15, 0.2) is 9.84 Å². The van der Waals surface area contributed by atoms with E-state index in [-0.39, 0.29) is 30.0 Å². The van der Waals surface area contributed by atoms with Crippen LogP contribution in [0.4, 0.5) is 11.4 Å². The van der Waals surface area contributed by atoms with E-state index in [0.717, 1.165) is 0 Å². The van der Waals surface area contributed by atoms with E-state index < -0.39 is 9.84 Å². The maximum Gasteiger partial charge on any atom is 0.238 e. The van der Waals surface area contributed by atoms with Crippen LogP contribution in [0, 0.1) is 0 Å². The second-order valence-electron chi connectivity index (χ2n) is 5.22. The van der Waals surface area contributed by atoms with Gasteiger partial charge in [-0.2, -0.15) is 0 Å². The summed E-state index contributed by atoms with van der Waals surface area (Å²) in [5.41, 5.74) is 6.62. The van der Waals surface area contributed by atoms with Crippen LogP contribution in [0.5, 0.6) is 0 Å². The molecule has 0 radical (unpaired) electrons. The zero-order valence-corrected chi connectivity index (χ0v) is 13.2. The normalized spacial score (nSPS) is 21.9. The maximum atomic E-state index is 12.0. The van der Waals surface area contributed by atoms with Gasteiger partial charge in [0.2, 0.25) is 5.91 Å². The number of hydrogen-bond acceptors (Lipinski definition) is 5. The lowest BCUT2D eigenvalue weighted by molar-refractivity contribution is -0.117. The fourth-order valence-electron chi connectivity index (χ4n) is 2.28. The van der Waals surface area contributed by atoms with Gasteiger partial charge < -0.3 is 11.1 Å². The van der Waals surface area contributed by atoms with Gasteiger partial charge in [-0.25, -0.2) is 8.42 Å². The van der Waals surface area contributed by atoms with Crippen LogP contribution >= 0.6 is 11.6 Å². The van der Waals surface area contributed by atoms with Crippen molar-refractivity contribution in [3.8, 4) is 0 Å². The predicted octanol–water partition coefficient (Wildman–Crippen LogP) is 0.980. The minimum absolute atomic E-state index is 0.0827. The third kappa shape index (κ3) is 4.33. The summed E-state index contributed by atoms with van der Waals surface area (Å²) in [4.78, 5) is 13.9. The molecular weight excluding hydrogens is 314 g/mol. The van der Waals surface area contributed by atoms with Gasteiger partial charge in [-0.05, 0) is 25.1 Å². The molecule has 0 spiro atoms. The second-order valence-corrected chi connectivity index (χ2v) is 7.86. The SMILES string of the molecule is CC1CS(=O)(=O)CCN1CC(=O)Nc1cc(N)ccc1Cl.